The van der Waals surface area contributed by atoms with Crippen molar-refractivity contribution in [2.75, 3.05) is 18.0 Å². The summed E-state index contributed by atoms with van der Waals surface area (Å²) in [6, 6.07) is 5.92. The van der Waals surface area contributed by atoms with Gasteiger partial charge in [-0.1, -0.05) is 32.4 Å². The second kappa shape index (κ2) is 5.49. The fraction of sp³-hybridized carbons (Fsp3) is 0.438. The number of nitrogens with zero attached hydrogens (tertiary/aromatic N) is 1. The Morgan fingerprint density at radius 3 is 2.53 bits per heavy atom. The van der Waals surface area contributed by atoms with Gasteiger partial charge in [-0.15, -0.1) is 0 Å². The minimum Gasteiger partial charge on any atom is -0.367 e. The van der Waals surface area contributed by atoms with Gasteiger partial charge in [0.2, 0.25) is 0 Å². The molecule has 1 aromatic rings. The van der Waals surface area contributed by atoms with Crippen molar-refractivity contribution in [3.63, 3.8) is 0 Å². The number of rotatable bonds is 2. The maximum Gasteiger partial charge on any atom is 0.151 e. The van der Waals surface area contributed by atoms with Gasteiger partial charge in [-0.25, -0.2) is 0 Å². The minimum atomic E-state index is 0.272. The zero-order valence-electron chi connectivity index (χ0n) is 11.7. The van der Waals surface area contributed by atoms with E-state index in [4.69, 9.17) is 0 Å². The number of hydrogen-bond acceptors (Lipinski definition) is 2. The van der Waals surface area contributed by atoms with Crippen molar-refractivity contribution in [2.24, 2.45) is 5.41 Å². The second-order valence-electron chi connectivity index (χ2n) is 6.00. The molecule has 0 fully saturated rings. The molecular formula is C16H20BrNO. The Labute approximate surface area is 123 Å². The van der Waals surface area contributed by atoms with Gasteiger partial charge in [0, 0.05) is 28.8 Å². The van der Waals surface area contributed by atoms with Crippen molar-refractivity contribution in [1.29, 1.82) is 0 Å². The van der Waals surface area contributed by atoms with Crippen LogP contribution in [0.1, 0.15) is 37.6 Å². The molecule has 102 valence electrons. The number of halogens is 1. The first-order valence-corrected chi connectivity index (χ1v) is 7.40. The molecular weight excluding hydrogens is 302 g/mol. The van der Waals surface area contributed by atoms with Crippen LogP contribution in [0.5, 0.6) is 0 Å². The van der Waals surface area contributed by atoms with Crippen LogP contribution in [0.15, 0.2) is 34.3 Å². The average molecular weight is 322 g/mol. The molecule has 0 spiro atoms. The van der Waals surface area contributed by atoms with Gasteiger partial charge in [0.15, 0.2) is 6.29 Å². The topological polar surface area (TPSA) is 20.3 Å². The quantitative estimate of drug-likeness (QED) is 0.592. The van der Waals surface area contributed by atoms with Crippen LogP contribution in [0.25, 0.3) is 0 Å². The molecule has 0 radical (unpaired) electrons. The molecule has 2 rings (SSSR count). The van der Waals surface area contributed by atoms with E-state index in [9.17, 15) is 4.79 Å². The fourth-order valence-corrected chi connectivity index (χ4v) is 2.85. The predicted octanol–water partition coefficient (Wildman–Crippen LogP) is 4.44. The highest BCUT2D eigenvalue weighted by molar-refractivity contribution is 9.10. The third-order valence-electron chi connectivity index (χ3n) is 3.65. The van der Waals surface area contributed by atoms with Crippen molar-refractivity contribution in [3.8, 4) is 0 Å². The number of carbonyl (C=O) groups is 1. The molecule has 0 aromatic heterocycles. The maximum absolute atomic E-state index is 10.8. The van der Waals surface area contributed by atoms with E-state index in [1.807, 2.05) is 18.2 Å². The number of hydrogen-bond donors (Lipinski definition) is 0. The van der Waals surface area contributed by atoms with Crippen molar-refractivity contribution < 1.29 is 4.79 Å². The Bertz CT molecular complexity index is 514. The highest BCUT2D eigenvalue weighted by Crippen LogP contribution is 2.32. The first-order valence-electron chi connectivity index (χ1n) is 6.61. The lowest BCUT2D eigenvalue weighted by Crippen LogP contribution is -2.31. The van der Waals surface area contributed by atoms with Crippen LogP contribution in [0.2, 0.25) is 0 Å². The van der Waals surface area contributed by atoms with Crippen LogP contribution in [0.4, 0.5) is 5.69 Å². The van der Waals surface area contributed by atoms with Crippen LogP contribution in [-0.2, 0) is 0 Å². The van der Waals surface area contributed by atoms with E-state index >= 15 is 0 Å². The summed E-state index contributed by atoms with van der Waals surface area (Å²) in [7, 11) is 0. The molecule has 0 amide bonds. The standard InChI is InChI=1S/C16H20BrNO/c1-16(2,3)13-6-8-18(9-7-13)14-5-4-12(11-19)15(17)10-14/h4-6,10-11H,7-9H2,1-3H3. The van der Waals surface area contributed by atoms with E-state index in [-0.39, 0.29) is 5.41 Å². The molecule has 0 bridgehead atoms. The van der Waals surface area contributed by atoms with Crippen molar-refractivity contribution >= 4 is 27.9 Å². The molecule has 1 aliphatic rings. The summed E-state index contributed by atoms with van der Waals surface area (Å²) in [5.74, 6) is 0. The number of benzene rings is 1. The zero-order valence-corrected chi connectivity index (χ0v) is 13.3. The van der Waals surface area contributed by atoms with Gasteiger partial charge >= 0.3 is 0 Å². The lowest BCUT2D eigenvalue weighted by Gasteiger charge is -2.33. The molecule has 0 saturated heterocycles. The van der Waals surface area contributed by atoms with Gasteiger partial charge in [-0.2, -0.15) is 0 Å². The molecule has 1 aliphatic heterocycles. The summed E-state index contributed by atoms with van der Waals surface area (Å²) >= 11 is 3.44. The van der Waals surface area contributed by atoms with E-state index < -0.39 is 0 Å². The highest BCUT2D eigenvalue weighted by atomic mass is 79.9. The van der Waals surface area contributed by atoms with Crippen molar-refractivity contribution in [2.45, 2.75) is 27.2 Å². The van der Waals surface area contributed by atoms with Gasteiger partial charge in [-0.05, 0) is 46.0 Å². The van der Waals surface area contributed by atoms with Gasteiger partial charge in [0.05, 0.1) is 0 Å². The van der Waals surface area contributed by atoms with Crippen LogP contribution in [0, 0.1) is 5.41 Å². The summed E-state index contributed by atoms with van der Waals surface area (Å²) in [5.41, 5.74) is 3.68. The molecule has 0 N–H and O–H groups in total. The number of carbonyl (C=O) groups excluding carboxylic acids is 1. The van der Waals surface area contributed by atoms with E-state index in [0.717, 1.165) is 30.3 Å². The fourth-order valence-electron chi connectivity index (χ4n) is 2.39. The summed E-state index contributed by atoms with van der Waals surface area (Å²) < 4.78 is 0.866. The zero-order chi connectivity index (χ0) is 14.0. The molecule has 2 nitrogen and oxygen atoms in total. The Morgan fingerprint density at radius 2 is 2.05 bits per heavy atom. The Kier molecular flexibility index (Phi) is 4.14. The smallest absolute Gasteiger partial charge is 0.151 e. The molecule has 0 unspecified atom stereocenters. The molecule has 19 heavy (non-hydrogen) atoms. The molecule has 1 heterocycles. The van der Waals surface area contributed by atoms with Crippen LogP contribution in [-0.4, -0.2) is 19.4 Å². The lowest BCUT2D eigenvalue weighted by molar-refractivity contribution is 0.112. The second-order valence-corrected chi connectivity index (χ2v) is 6.85. The summed E-state index contributed by atoms with van der Waals surface area (Å²) in [4.78, 5) is 13.2. The Hall–Kier alpha value is -1.09. The molecule has 0 aliphatic carbocycles. The Morgan fingerprint density at radius 1 is 1.32 bits per heavy atom. The predicted molar refractivity (Wildman–Crippen MR) is 83.9 cm³/mol. The van der Waals surface area contributed by atoms with E-state index in [1.54, 1.807) is 0 Å². The third-order valence-corrected chi connectivity index (χ3v) is 4.34. The Balaban J connectivity index is 2.16. The molecule has 0 atom stereocenters. The summed E-state index contributed by atoms with van der Waals surface area (Å²) in [5, 5.41) is 0. The van der Waals surface area contributed by atoms with Gasteiger partial charge in [0.25, 0.3) is 0 Å². The lowest BCUT2D eigenvalue weighted by atomic mass is 9.83. The molecule has 3 heteroatoms. The van der Waals surface area contributed by atoms with E-state index in [2.05, 4.69) is 47.7 Å². The first-order chi connectivity index (χ1) is 8.91. The van der Waals surface area contributed by atoms with Crippen LogP contribution >= 0.6 is 15.9 Å². The molecule has 0 saturated carbocycles. The average Bonchev–Trinajstić information content (AvgIpc) is 2.38. The van der Waals surface area contributed by atoms with Gasteiger partial charge in [-0.3, -0.25) is 4.79 Å². The van der Waals surface area contributed by atoms with Crippen molar-refractivity contribution in [3.05, 3.63) is 39.9 Å². The normalized spacial score (nSPS) is 16.2. The largest absolute Gasteiger partial charge is 0.367 e. The van der Waals surface area contributed by atoms with E-state index in [1.165, 1.54) is 11.3 Å². The van der Waals surface area contributed by atoms with Crippen molar-refractivity contribution in [1.82, 2.24) is 0 Å². The van der Waals surface area contributed by atoms with Crippen LogP contribution < -0.4 is 4.90 Å². The van der Waals surface area contributed by atoms with Crippen LogP contribution in [0.3, 0.4) is 0 Å². The monoisotopic (exact) mass is 321 g/mol. The molecule has 1 aromatic carbocycles. The van der Waals surface area contributed by atoms with E-state index in [0.29, 0.717) is 5.56 Å². The summed E-state index contributed by atoms with van der Waals surface area (Å²) in [6.45, 7) is 8.79. The number of anilines is 1. The summed E-state index contributed by atoms with van der Waals surface area (Å²) in [6.07, 6.45) is 4.32. The minimum absolute atomic E-state index is 0.272. The van der Waals surface area contributed by atoms with Gasteiger partial charge < -0.3 is 4.90 Å². The first kappa shape index (κ1) is 14.3. The SMILES string of the molecule is CC(C)(C)C1=CCN(c2ccc(C=O)c(Br)c2)CC1. The third kappa shape index (κ3) is 3.27. The number of aldehydes is 1. The highest BCUT2D eigenvalue weighted by Gasteiger charge is 2.21. The maximum atomic E-state index is 10.8. The van der Waals surface area contributed by atoms with Gasteiger partial charge in [0.1, 0.15) is 0 Å².